The van der Waals surface area contributed by atoms with Gasteiger partial charge in [-0.2, -0.15) is 5.10 Å². The first kappa shape index (κ1) is 18.4. The number of aromatic nitrogens is 2. The summed E-state index contributed by atoms with van der Waals surface area (Å²) >= 11 is 1.06. The van der Waals surface area contributed by atoms with Crippen LogP contribution in [0.3, 0.4) is 0 Å². The van der Waals surface area contributed by atoms with Crippen LogP contribution < -0.4 is 0 Å². The zero-order chi connectivity index (χ0) is 18.6. The van der Waals surface area contributed by atoms with Crippen LogP contribution in [0.4, 0.5) is 11.4 Å². The fourth-order valence-corrected chi connectivity index (χ4v) is 3.04. The molecule has 2 rings (SSSR count). The molecule has 1 aromatic heterocycles. The summed E-state index contributed by atoms with van der Waals surface area (Å²) in [4.78, 5) is 32.7. The van der Waals surface area contributed by atoms with E-state index in [0.717, 1.165) is 17.8 Å². The molecule has 0 aliphatic heterocycles. The van der Waals surface area contributed by atoms with Crippen molar-refractivity contribution in [3.8, 4) is 0 Å². The molecule has 0 aliphatic carbocycles. The van der Waals surface area contributed by atoms with Gasteiger partial charge in [0.15, 0.2) is 0 Å². The molecule has 2 aromatic rings. The van der Waals surface area contributed by atoms with Gasteiger partial charge in [-0.05, 0) is 19.9 Å². The van der Waals surface area contributed by atoms with Crippen LogP contribution in [0.5, 0.6) is 0 Å². The van der Waals surface area contributed by atoms with Crippen molar-refractivity contribution in [2.24, 2.45) is 0 Å². The van der Waals surface area contributed by atoms with Crippen LogP contribution >= 0.6 is 11.8 Å². The summed E-state index contributed by atoms with van der Waals surface area (Å²) in [6.07, 6.45) is 0. The van der Waals surface area contributed by atoms with Gasteiger partial charge in [0, 0.05) is 17.5 Å². The van der Waals surface area contributed by atoms with E-state index in [0.29, 0.717) is 17.0 Å². The summed E-state index contributed by atoms with van der Waals surface area (Å²) in [6, 6.07) is 3.41. The lowest BCUT2D eigenvalue weighted by Crippen LogP contribution is -2.07. The summed E-state index contributed by atoms with van der Waals surface area (Å²) in [5.74, 6) is -0.362. The van der Waals surface area contributed by atoms with E-state index in [-0.39, 0.29) is 28.6 Å². The first-order valence-electron chi connectivity index (χ1n) is 7.11. The number of nitro groups is 2. The first-order valence-corrected chi connectivity index (χ1v) is 8.10. The Morgan fingerprint density at radius 1 is 1.32 bits per heavy atom. The third-order valence-corrected chi connectivity index (χ3v) is 4.29. The zero-order valence-electron chi connectivity index (χ0n) is 13.3. The molecule has 0 aliphatic rings. The molecule has 1 N–H and O–H groups in total. The molecule has 132 valence electrons. The largest absolute Gasteiger partial charge is 0.462 e. The predicted molar refractivity (Wildman–Crippen MR) is 88.6 cm³/mol. The Balaban J connectivity index is 2.26. The maximum absolute atomic E-state index is 12.0. The van der Waals surface area contributed by atoms with Crippen molar-refractivity contribution in [1.82, 2.24) is 10.2 Å². The Kier molecular flexibility index (Phi) is 5.70. The Hall–Kier alpha value is -2.95. The van der Waals surface area contributed by atoms with Crippen molar-refractivity contribution in [2.45, 2.75) is 24.5 Å². The van der Waals surface area contributed by atoms with Crippen molar-refractivity contribution in [2.75, 3.05) is 6.61 Å². The highest BCUT2D eigenvalue weighted by Crippen LogP contribution is 2.34. The predicted octanol–water partition coefficient (Wildman–Crippen LogP) is 3.00. The van der Waals surface area contributed by atoms with Crippen molar-refractivity contribution < 1.29 is 19.4 Å². The Morgan fingerprint density at radius 2 is 2.04 bits per heavy atom. The number of benzene rings is 1. The molecule has 0 atom stereocenters. The van der Waals surface area contributed by atoms with E-state index in [1.807, 2.05) is 0 Å². The number of non-ortho nitro benzene ring substituents is 1. The van der Waals surface area contributed by atoms with Crippen molar-refractivity contribution in [3.63, 3.8) is 0 Å². The lowest BCUT2D eigenvalue weighted by molar-refractivity contribution is -0.396. The number of H-pyrrole nitrogens is 1. The highest BCUT2D eigenvalue weighted by Gasteiger charge is 2.23. The monoisotopic (exact) mass is 366 g/mol. The summed E-state index contributed by atoms with van der Waals surface area (Å²) in [5, 5.41) is 28.6. The fraction of sp³-hybridized carbons (Fsp3) is 0.286. The number of aryl methyl sites for hydroxylation is 1. The van der Waals surface area contributed by atoms with E-state index in [9.17, 15) is 25.0 Å². The number of hydrogen-bond donors (Lipinski definition) is 1. The van der Waals surface area contributed by atoms with Crippen LogP contribution in [0.25, 0.3) is 0 Å². The summed E-state index contributed by atoms with van der Waals surface area (Å²) in [5.41, 5.74) is 0.489. The molecule has 1 heterocycles. The smallest absolute Gasteiger partial charge is 0.341 e. The van der Waals surface area contributed by atoms with Crippen molar-refractivity contribution in [1.29, 1.82) is 0 Å². The molecule has 11 heteroatoms. The Bertz CT molecular complexity index is 835. The second-order valence-electron chi connectivity index (χ2n) is 4.85. The maximum Gasteiger partial charge on any atom is 0.341 e. The minimum atomic E-state index is -0.697. The first-order chi connectivity index (χ1) is 11.8. The average Bonchev–Trinajstić information content (AvgIpc) is 2.93. The molecule has 0 saturated heterocycles. The van der Waals surface area contributed by atoms with E-state index in [2.05, 4.69) is 10.2 Å². The quantitative estimate of drug-likeness (QED) is 0.341. The average molecular weight is 366 g/mol. The van der Waals surface area contributed by atoms with E-state index >= 15 is 0 Å². The van der Waals surface area contributed by atoms with Gasteiger partial charge in [0.25, 0.3) is 11.4 Å². The zero-order valence-corrected chi connectivity index (χ0v) is 14.2. The number of nitrogens with one attached hydrogen (secondary N) is 1. The molecule has 0 spiro atoms. The molecular formula is C14H14N4O6S. The molecule has 0 saturated carbocycles. The van der Waals surface area contributed by atoms with Crippen LogP contribution in [-0.2, 0) is 10.5 Å². The third-order valence-electron chi connectivity index (χ3n) is 3.22. The number of hydrogen-bond acceptors (Lipinski definition) is 8. The normalized spacial score (nSPS) is 10.5. The highest BCUT2D eigenvalue weighted by molar-refractivity contribution is 7.98. The van der Waals surface area contributed by atoms with Gasteiger partial charge in [0.1, 0.15) is 5.56 Å². The van der Waals surface area contributed by atoms with Gasteiger partial charge < -0.3 is 4.74 Å². The Morgan fingerprint density at radius 3 is 2.64 bits per heavy atom. The Labute approximate surface area is 145 Å². The second kappa shape index (κ2) is 7.75. The molecule has 0 unspecified atom stereocenters. The van der Waals surface area contributed by atoms with Gasteiger partial charge in [0.05, 0.1) is 33.1 Å². The summed E-state index contributed by atoms with van der Waals surface area (Å²) in [6.45, 7) is 3.56. The fourth-order valence-electron chi connectivity index (χ4n) is 2.09. The van der Waals surface area contributed by atoms with E-state index in [4.69, 9.17) is 4.74 Å². The van der Waals surface area contributed by atoms with Crippen LogP contribution in [0, 0.1) is 27.2 Å². The molecule has 0 amide bonds. The van der Waals surface area contributed by atoms with Gasteiger partial charge in [-0.15, -0.1) is 11.8 Å². The number of esters is 1. The van der Waals surface area contributed by atoms with Crippen molar-refractivity contribution in [3.05, 3.63) is 55.4 Å². The number of carbonyl (C=O) groups is 1. The number of nitrogens with zero attached hydrogens (tertiary/aromatic N) is 3. The molecule has 0 bridgehead atoms. The van der Waals surface area contributed by atoms with Crippen LogP contribution in [0.2, 0.25) is 0 Å². The summed E-state index contributed by atoms with van der Waals surface area (Å²) < 4.78 is 4.97. The van der Waals surface area contributed by atoms with Gasteiger partial charge in [-0.25, -0.2) is 4.79 Å². The molecule has 10 nitrogen and oxygen atoms in total. The van der Waals surface area contributed by atoms with Gasteiger partial charge in [-0.1, -0.05) is 0 Å². The van der Waals surface area contributed by atoms with Crippen LogP contribution in [0.15, 0.2) is 23.1 Å². The van der Waals surface area contributed by atoms with Gasteiger partial charge in [0.2, 0.25) is 0 Å². The molecule has 1 aromatic carbocycles. The molecular weight excluding hydrogens is 352 g/mol. The second-order valence-corrected chi connectivity index (χ2v) is 5.86. The highest BCUT2D eigenvalue weighted by atomic mass is 32.2. The van der Waals surface area contributed by atoms with Crippen molar-refractivity contribution >= 4 is 29.1 Å². The number of thioether (sulfide) groups is 1. The number of ether oxygens (including phenoxy) is 1. The summed E-state index contributed by atoms with van der Waals surface area (Å²) in [7, 11) is 0. The minimum absolute atomic E-state index is 0.164. The molecule has 0 fully saturated rings. The minimum Gasteiger partial charge on any atom is -0.462 e. The van der Waals surface area contributed by atoms with Crippen LogP contribution in [-0.4, -0.2) is 32.6 Å². The number of rotatable bonds is 7. The number of nitro benzene ring substituents is 2. The van der Waals surface area contributed by atoms with Gasteiger partial charge in [-0.3, -0.25) is 25.3 Å². The maximum atomic E-state index is 12.0. The van der Waals surface area contributed by atoms with Crippen LogP contribution in [0.1, 0.15) is 28.7 Å². The molecule has 0 radical (unpaired) electrons. The van der Waals surface area contributed by atoms with E-state index < -0.39 is 15.8 Å². The number of carbonyl (C=O) groups excluding carboxylic acids is 1. The lowest BCUT2D eigenvalue weighted by Gasteiger charge is -2.05. The SMILES string of the molecule is CCOC(=O)c1c(CSc2ccc([N+](=O)[O-])cc2[N+](=O)[O-])n[nH]c1C. The van der Waals surface area contributed by atoms with Gasteiger partial charge >= 0.3 is 5.97 Å². The molecule has 25 heavy (non-hydrogen) atoms. The third kappa shape index (κ3) is 4.12. The topological polar surface area (TPSA) is 141 Å². The van der Waals surface area contributed by atoms with E-state index in [1.165, 1.54) is 12.1 Å². The lowest BCUT2D eigenvalue weighted by atomic mass is 10.2. The van der Waals surface area contributed by atoms with E-state index in [1.54, 1.807) is 13.8 Å². The standard InChI is InChI=1S/C14H14N4O6S/c1-3-24-14(19)13-8(2)15-16-10(13)7-25-12-5-4-9(17(20)21)6-11(12)18(22)23/h4-6H,3,7H2,1-2H3,(H,15,16). The number of aromatic amines is 1.